The van der Waals surface area contributed by atoms with Gasteiger partial charge in [0.1, 0.15) is 0 Å². The highest BCUT2D eigenvalue weighted by molar-refractivity contribution is 5.87. The molecule has 0 heteroatoms. The van der Waals surface area contributed by atoms with Crippen molar-refractivity contribution in [1.29, 1.82) is 0 Å². The van der Waals surface area contributed by atoms with Crippen LogP contribution in [0.15, 0.2) is 53.7 Å². The van der Waals surface area contributed by atoms with E-state index >= 15 is 0 Å². The molecule has 0 saturated carbocycles. The van der Waals surface area contributed by atoms with Crippen LogP contribution in [0.2, 0.25) is 0 Å². The van der Waals surface area contributed by atoms with Gasteiger partial charge in [-0.1, -0.05) is 61.9 Å². The van der Waals surface area contributed by atoms with Crippen molar-refractivity contribution in [2.24, 2.45) is 0 Å². The van der Waals surface area contributed by atoms with Gasteiger partial charge >= 0.3 is 0 Å². The van der Waals surface area contributed by atoms with Crippen LogP contribution in [0.5, 0.6) is 0 Å². The van der Waals surface area contributed by atoms with Crippen LogP contribution in [-0.2, 0) is 12.8 Å². The van der Waals surface area contributed by atoms with Crippen molar-refractivity contribution in [2.45, 2.75) is 75.2 Å². The number of benzene rings is 1. The molecule has 1 rings (SSSR count). The zero-order valence-corrected chi connectivity index (χ0v) is 19.1. The number of rotatable bonds is 7. The van der Waals surface area contributed by atoms with Gasteiger partial charge in [-0.05, 0) is 106 Å². The van der Waals surface area contributed by atoms with Gasteiger partial charge in [-0.15, -0.1) is 0 Å². The van der Waals surface area contributed by atoms with Crippen LogP contribution in [0.3, 0.4) is 0 Å². The van der Waals surface area contributed by atoms with Crippen LogP contribution < -0.4 is 0 Å². The van der Waals surface area contributed by atoms with Crippen molar-refractivity contribution in [3.63, 3.8) is 0 Å². The minimum absolute atomic E-state index is 1.02. The van der Waals surface area contributed by atoms with Gasteiger partial charge in [0.05, 0.1) is 0 Å². The largest absolute Gasteiger partial charge is 0.0961 e. The Morgan fingerprint density at radius 1 is 0.963 bits per heavy atom. The first kappa shape index (κ1) is 23.0. The van der Waals surface area contributed by atoms with Crippen LogP contribution in [0.4, 0.5) is 0 Å². The molecule has 0 aliphatic carbocycles. The summed E-state index contributed by atoms with van der Waals surface area (Å²) in [6.07, 6.45) is 6.53. The van der Waals surface area contributed by atoms with Gasteiger partial charge in [-0.3, -0.25) is 0 Å². The third-order valence-electron chi connectivity index (χ3n) is 5.29. The fourth-order valence-corrected chi connectivity index (χ4v) is 3.92. The zero-order chi connectivity index (χ0) is 20.9. The summed E-state index contributed by atoms with van der Waals surface area (Å²) in [6, 6.07) is 2.36. The summed E-state index contributed by atoms with van der Waals surface area (Å²) in [5.41, 5.74) is 14.4. The van der Waals surface area contributed by atoms with E-state index in [1.807, 2.05) is 0 Å². The predicted octanol–water partition coefficient (Wildman–Crippen LogP) is 8.42. The molecule has 0 aliphatic rings. The van der Waals surface area contributed by atoms with Crippen molar-refractivity contribution in [1.82, 2.24) is 0 Å². The van der Waals surface area contributed by atoms with E-state index in [1.54, 1.807) is 0 Å². The molecule has 0 bridgehead atoms. The molecule has 0 atom stereocenters. The van der Waals surface area contributed by atoms with E-state index in [-0.39, 0.29) is 0 Å². The molecule has 1 aromatic carbocycles. The maximum atomic E-state index is 4.25. The molecule has 0 unspecified atom stereocenters. The normalized spacial score (nSPS) is 12.2. The molecular formula is C27H38. The Hall–Kier alpha value is -2.08. The lowest BCUT2D eigenvalue weighted by Crippen LogP contribution is -2.06. The molecule has 0 aliphatic heterocycles. The molecule has 0 heterocycles. The van der Waals surface area contributed by atoms with Crippen molar-refractivity contribution in [2.75, 3.05) is 0 Å². The maximum Gasteiger partial charge on any atom is -0.0143 e. The van der Waals surface area contributed by atoms with Crippen molar-refractivity contribution in [3.8, 4) is 0 Å². The third kappa shape index (κ3) is 5.01. The van der Waals surface area contributed by atoms with Crippen LogP contribution in [0.25, 0.3) is 11.1 Å². The Balaban J connectivity index is 3.95. The highest BCUT2D eigenvalue weighted by Gasteiger charge is 2.19. The standard InChI is InChI=1S/C27H38/c1-12-22-24(14-3)27(19(8)9)20(10)16-26(22)23(13-2)25(15-17(4)5)21(11)18(6)7/h13,15-16H,4,8,12,14H2,1-3,5-7,9-11H3/b23-13+,25-15-. The molecular weight excluding hydrogens is 324 g/mol. The summed E-state index contributed by atoms with van der Waals surface area (Å²) >= 11 is 0. The average Bonchev–Trinajstić information content (AvgIpc) is 2.59. The Labute approximate surface area is 168 Å². The lowest BCUT2D eigenvalue weighted by atomic mass is 9.81. The summed E-state index contributed by atoms with van der Waals surface area (Å²) in [4.78, 5) is 0. The SMILES string of the molecule is C=C(C)/C=C(C(C)=C(C)C)\C(=C/C)c1cc(C)c(C(=C)C)c(CC)c1CC. The summed E-state index contributed by atoms with van der Waals surface area (Å²) in [6.45, 7) is 28.0. The first-order valence-corrected chi connectivity index (χ1v) is 10.1. The predicted molar refractivity (Wildman–Crippen MR) is 125 cm³/mol. The molecule has 0 N–H and O–H groups in total. The maximum absolute atomic E-state index is 4.25. The third-order valence-corrected chi connectivity index (χ3v) is 5.29. The van der Waals surface area contributed by atoms with Crippen LogP contribution in [0, 0.1) is 6.92 Å². The molecule has 0 amide bonds. The molecule has 146 valence electrons. The fraction of sp³-hybridized carbons (Fsp3) is 0.407. The second kappa shape index (κ2) is 9.74. The van der Waals surface area contributed by atoms with Gasteiger partial charge in [0.25, 0.3) is 0 Å². The van der Waals surface area contributed by atoms with Crippen molar-refractivity contribution < 1.29 is 0 Å². The lowest BCUT2D eigenvalue weighted by Gasteiger charge is -2.24. The lowest BCUT2D eigenvalue weighted by molar-refractivity contribution is 1.01. The van der Waals surface area contributed by atoms with Gasteiger partial charge in [-0.25, -0.2) is 0 Å². The average molecular weight is 363 g/mol. The summed E-state index contributed by atoms with van der Waals surface area (Å²) in [5.74, 6) is 0. The van der Waals surface area contributed by atoms with Crippen LogP contribution in [-0.4, -0.2) is 0 Å². The van der Waals surface area contributed by atoms with Crippen molar-refractivity contribution in [3.05, 3.63) is 81.5 Å². The van der Waals surface area contributed by atoms with Gasteiger partial charge in [0.2, 0.25) is 0 Å². The van der Waals surface area contributed by atoms with Gasteiger partial charge in [0.15, 0.2) is 0 Å². The van der Waals surface area contributed by atoms with Gasteiger partial charge in [0, 0.05) is 0 Å². The highest BCUT2D eigenvalue weighted by Crippen LogP contribution is 2.38. The van der Waals surface area contributed by atoms with E-state index in [4.69, 9.17) is 0 Å². The second-order valence-corrected chi connectivity index (χ2v) is 7.79. The molecule has 0 saturated heterocycles. The molecule has 27 heavy (non-hydrogen) atoms. The molecule has 1 aromatic rings. The number of allylic oxidation sites excluding steroid dienone is 8. The van der Waals surface area contributed by atoms with E-state index in [0.29, 0.717) is 0 Å². The number of hydrogen-bond donors (Lipinski definition) is 0. The molecule has 0 aromatic heterocycles. The fourth-order valence-electron chi connectivity index (χ4n) is 3.92. The Bertz CT molecular complexity index is 831. The molecule has 0 spiro atoms. The minimum Gasteiger partial charge on any atom is -0.0961 e. The molecule has 0 nitrogen and oxygen atoms in total. The van der Waals surface area contributed by atoms with E-state index < -0.39 is 0 Å². The van der Waals surface area contributed by atoms with E-state index in [0.717, 1.165) is 24.0 Å². The van der Waals surface area contributed by atoms with Crippen LogP contribution in [0.1, 0.15) is 83.2 Å². The Morgan fingerprint density at radius 2 is 1.52 bits per heavy atom. The number of aryl methyl sites for hydroxylation is 1. The van der Waals surface area contributed by atoms with E-state index in [2.05, 4.69) is 93.7 Å². The summed E-state index contributed by atoms with van der Waals surface area (Å²) in [5, 5.41) is 0. The van der Waals surface area contributed by atoms with Crippen LogP contribution >= 0.6 is 0 Å². The monoisotopic (exact) mass is 362 g/mol. The minimum atomic E-state index is 1.02. The van der Waals surface area contributed by atoms with E-state index in [1.165, 1.54) is 50.1 Å². The highest BCUT2D eigenvalue weighted by atomic mass is 14.2. The summed E-state index contributed by atoms with van der Waals surface area (Å²) < 4.78 is 0. The summed E-state index contributed by atoms with van der Waals surface area (Å²) in [7, 11) is 0. The van der Waals surface area contributed by atoms with Gasteiger partial charge in [-0.2, -0.15) is 0 Å². The Morgan fingerprint density at radius 3 is 1.89 bits per heavy atom. The molecule has 0 radical (unpaired) electrons. The topological polar surface area (TPSA) is 0 Å². The number of hydrogen-bond acceptors (Lipinski definition) is 0. The van der Waals surface area contributed by atoms with Gasteiger partial charge < -0.3 is 0 Å². The Kier molecular flexibility index (Phi) is 8.28. The van der Waals surface area contributed by atoms with Crippen molar-refractivity contribution >= 4 is 11.1 Å². The smallest absolute Gasteiger partial charge is 0.0143 e. The second-order valence-electron chi connectivity index (χ2n) is 7.79. The first-order chi connectivity index (χ1) is 12.6. The van der Waals surface area contributed by atoms with E-state index in [9.17, 15) is 0 Å². The quantitative estimate of drug-likeness (QED) is 0.427. The molecule has 0 fully saturated rings. The zero-order valence-electron chi connectivity index (χ0n) is 19.1. The first-order valence-electron chi connectivity index (χ1n) is 10.1.